The molecular formula is C7H11N3OS. The first-order valence-electron chi connectivity index (χ1n) is 3.85. The highest BCUT2D eigenvalue weighted by Crippen LogP contribution is 2.11. The highest BCUT2D eigenvalue weighted by Gasteiger charge is 2.16. The maximum atomic E-state index is 11.2. The molecule has 1 fully saturated rings. The molecule has 0 unspecified atom stereocenters. The van der Waals surface area contributed by atoms with E-state index in [-0.39, 0.29) is 10.9 Å². The smallest absolute Gasteiger partial charge is 0.184 e. The fourth-order valence-corrected chi connectivity index (χ4v) is 1.15. The molecule has 0 saturated heterocycles. The number of nitrogens with one attached hydrogen (secondary N) is 1. The lowest BCUT2D eigenvalue weighted by Crippen LogP contribution is -2.28. The molecule has 0 heterocycles. The molecule has 1 rings (SSSR count). The van der Waals surface area contributed by atoms with Crippen LogP contribution in [0.1, 0.15) is 25.7 Å². The van der Waals surface area contributed by atoms with Gasteiger partial charge < -0.3 is 5.73 Å². The molecule has 12 heavy (non-hydrogen) atoms. The van der Waals surface area contributed by atoms with Crippen LogP contribution in [0, 0.1) is 0 Å². The molecule has 0 aromatic rings. The zero-order valence-corrected chi connectivity index (χ0v) is 7.49. The lowest BCUT2D eigenvalue weighted by molar-refractivity contribution is -0.113. The lowest BCUT2D eigenvalue weighted by atomic mass is 9.97. The van der Waals surface area contributed by atoms with Crippen molar-refractivity contribution in [1.29, 1.82) is 0 Å². The summed E-state index contributed by atoms with van der Waals surface area (Å²) in [5, 5.41) is 3.91. The van der Waals surface area contributed by atoms with Crippen LogP contribution in [0.5, 0.6) is 0 Å². The number of carbonyl (C=O) groups is 1. The van der Waals surface area contributed by atoms with Gasteiger partial charge in [-0.1, -0.05) is 0 Å². The Morgan fingerprint density at radius 2 is 2.17 bits per heavy atom. The third-order valence-corrected chi connectivity index (χ3v) is 1.78. The highest BCUT2D eigenvalue weighted by atomic mass is 32.1. The van der Waals surface area contributed by atoms with Crippen LogP contribution >= 0.6 is 12.2 Å². The number of ketones is 1. The van der Waals surface area contributed by atoms with Crippen LogP contribution in [0.4, 0.5) is 0 Å². The third kappa shape index (κ3) is 2.58. The Morgan fingerprint density at radius 1 is 1.50 bits per heavy atom. The molecule has 5 heteroatoms. The SMILES string of the molecule is NC(=S)N/N=C1\CCCCC1=O. The molecule has 0 aromatic carbocycles. The number of Topliss-reactive ketones (excluding diaryl/α,β-unsaturated/α-hetero) is 1. The topological polar surface area (TPSA) is 67.5 Å². The predicted octanol–water partition coefficient (Wildman–Crippen LogP) is 0.319. The Balaban J connectivity index is 2.53. The Hall–Kier alpha value is -0.970. The minimum absolute atomic E-state index is 0.0980. The zero-order chi connectivity index (χ0) is 8.97. The van der Waals surface area contributed by atoms with Gasteiger partial charge in [-0.2, -0.15) is 5.10 Å². The van der Waals surface area contributed by atoms with Gasteiger partial charge in [0.15, 0.2) is 10.9 Å². The van der Waals surface area contributed by atoms with Crippen LogP contribution in [0.25, 0.3) is 0 Å². The van der Waals surface area contributed by atoms with Crippen molar-refractivity contribution in [2.75, 3.05) is 0 Å². The van der Waals surface area contributed by atoms with E-state index in [2.05, 4.69) is 22.7 Å². The number of nitrogens with two attached hydrogens (primary N) is 1. The number of nitrogens with zero attached hydrogens (tertiary/aromatic N) is 1. The van der Waals surface area contributed by atoms with Gasteiger partial charge in [-0.15, -0.1) is 0 Å². The summed E-state index contributed by atoms with van der Waals surface area (Å²) >= 11 is 4.55. The summed E-state index contributed by atoms with van der Waals surface area (Å²) in [4.78, 5) is 11.2. The molecule has 0 radical (unpaired) electrons. The Morgan fingerprint density at radius 3 is 2.75 bits per heavy atom. The molecule has 0 aliphatic heterocycles. The third-order valence-electron chi connectivity index (χ3n) is 1.69. The Labute approximate surface area is 76.2 Å². The average molecular weight is 185 g/mol. The van der Waals surface area contributed by atoms with Crippen LogP contribution in [0.15, 0.2) is 5.10 Å². The van der Waals surface area contributed by atoms with E-state index >= 15 is 0 Å². The molecule has 1 saturated carbocycles. The van der Waals surface area contributed by atoms with Gasteiger partial charge in [0, 0.05) is 6.42 Å². The summed E-state index contributed by atoms with van der Waals surface area (Å²) in [7, 11) is 0. The van der Waals surface area contributed by atoms with E-state index in [1.807, 2.05) is 0 Å². The molecule has 66 valence electrons. The van der Waals surface area contributed by atoms with Gasteiger partial charge in [-0.3, -0.25) is 10.2 Å². The summed E-state index contributed by atoms with van der Waals surface area (Å²) in [5.41, 5.74) is 8.14. The van der Waals surface area contributed by atoms with Crippen molar-refractivity contribution in [3.05, 3.63) is 0 Å². The van der Waals surface area contributed by atoms with E-state index in [1.165, 1.54) is 0 Å². The number of thiocarbonyl (C=S) groups is 1. The fraction of sp³-hybridized carbons (Fsp3) is 0.571. The average Bonchev–Trinajstić information content (AvgIpc) is 2.03. The normalized spacial score (nSPS) is 21.0. The standard InChI is InChI=1S/C7H11N3OS/c8-7(12)10-9-5-3-1-2-4-6(5)11/h1-4H2,(H3,8,10,12)/b9-5+. The van der Waals surface area contributed by atoms with E-state index in [1.54, 1.807) is 0 Å². The minimum atomic E-state index is 0.0980. The van der Waals surface area contributed by atoms with Gasteiger partial charge in [0.25, 0.3) is 0 Å². The van der Waals surface area contributed by atoms with Crippen LogP contribution in [0.3, 0.4) is 0 Å². The summed E-state index contributed by atoms with van der Waals surface area (Å²) in [6.07, 6.45) is 3.31. The molecular weight excluding hydrogens is 174 g/mol. The number of hydrogen-bond donors (Lipinski definition) is 2. The van der Waals surface area contributed by atoms with Crippen LogP contribution in [-0.4, -0.2) is 16.6 Å². The molecule has 3 N–H and O–H groups in total. The second-order valence-electron chi connectivity index (χ2n) is 2.66. The number of carbonyl (C=O) groups excluding carboxylic acids is 1. The first kappa shape index (κ1) is 9.12. The maximum Gasteiger partial charge on any atom is 0.184 e. The molecule has 4 nitrogen and oxygen atoms in total. The van der Waals surface area contributed by atoms with Crippen LogP contribution < -0.4 is 11.2 Å². The number of rotatable bonds is 1. The molecule has 0 aromatic heterocycles. The number of hydrazone groups is 1. The first-order valence-corrected chi connectivity index (χ1v) is 4.26. The molecule has 0 spiro atoms. The van der Waals surface area contributed by atoms with E-state index in [9.17, 15) is 4.79 Å². The van der Waals surface area contributed by atoms with E-state index in [4.69, 9.17) is 5.73 Å². The first-order chi connectivity index (χ1) is 5.70. The summed E-state index contributed by atoms with van der Waals surface area (Å²) in [5.74, 6) is 0.102. The van der Waals surface area contributed by atoms with Crippen molar-refractivity contribution in [3.8, 4) is 0 Å². The second kappa shape index (κ2) is 4.15. The lowest BCUT2D eigenvalue weighted by Gasteiger charge is -2.10. The van der Waals surface area contributed by atoms with Crippen molar-refractivity contribution in [1.82, 2.24) is 5.43 Å². The van der Waals surface area contributed by atoms with Crippen molar-refractivity contribution in [2.24, 2.45) is 10.8 Å². The van der Waals surface area contributed by atoms with E-state index in [0.29, 0.717) is 12.1 Å². The molecule has 1 aliphatic carbocycles. The predicted molar refractivity (Wildman–Crippen MR) is 50.8 cm³/mol. The summed E-state index contributed by atoms with van der Waals surface area (Å²) < 4.78 is 0. The molecule has 1 aliphatic rings. The van der Waals surface area contributed by atoms with Gasteiger partial charge in [0.05, 0.1) is 0 Å². The van der Waals surface area contributed by atoms with Gasteiger partial charge in [-0.05, 0) is 31.5 Å². The van der Waals surface area contributed by atoms with Gasteiger partial charge in [-0.25, -0.2) is 0 Å². The maximum absolute atomic E-state index is 11.2. The minimum Gasteiger partial charge on any atom is -0.375 e. The molecule has 0 amide bonds. The van der Waals surface area contributed by atoms with Crippen molar-refractivity contribution >= 4 is 28.8 Å². The summed E-state index contributed by atoms with van der Waals surface area (Å²) in [6, 6.07) is 0. The Bertz CT molecular complexity index is 237. The molecule has 0 bridgehead atoms. The van der Waals surface area contributed by atoms with Crippen LogP contribution in [-0.2, 0) is 4.79 Å². The largest absolute Gasteiger partial charge is 0.375 e. The van der Waals surface area contributed by atoms with Crippen LogP contribution in [0.2, 0.25) is 0 Å². The van der Waals surface area contributed by atoms with E-state index < -0.39 is 0 Å². The highest BCUT2D eigenvalue weighted by molar-refractivity contribution is 7.80. The monoisotopic (exact) mass is 185 g/mol. The van der Waals surface area contributed by atoms with Crippen molar-refractivity contribution in [2.45, 2.75) is 25.7 Å². The van der Waals surface area contributed by atoms with Gasteiger partial charge in [0.1, 0.15) is 5.71 Å². The van der Waals surface area contributed by atoms with Crippen molar-refractivity contribution in [3.63, 3.8) is 0 Å². The van der Waals surface area contributed by atoms with E-state index in [0.717, 1.165) is 19.3 Å². The van der Waals surface area contributed by atoms with Gasteiger partial charge in [0.2, 0.25) is 0 Å². The zero-order valence-electron chi connectivity index (χ0n) is 6.67. The molecule has 0 atom stereocenters. The Kier molecular flexibility index (Phi) is 3.16. The second-order valence-corrected chi connectivity index (χ2v) is 3.10. The van der Waals surface area contributed by atoms with Crippen molar-refractivity contribution < 1.29 is 4.79 Å². The fourth-order valence-electron chi connectivity index (χ4n) is 1.10. The number of hydrogen-bond acceptors (Lipinski definition) is 3. The summed E-state index contributed by atoms with van der Waals surface area (Å²) in [6.45, 7) is 0. The quantitative estimate of drug-likeness (QED) is 0.456. The van der Waals surface area contributed by atoms with Gasteiger partial charge >= 0.3 is 0 Å².